The Morgan fingerprint density at radius 1 is 1.15 bits per heavy atom. The first-order valence-electron chi connectivity index (χ1n) is 8.94. The fourth-order valence-electron chi connectivity index (χ4n) is 3.68. The molecule has 2 aliphatic heterocycles. The first kappa shape index (κ1) is 17.3. The zero-order chi connectivity index (χ0) is 18.1. The molecule has 0 saturated carbocycles. The predicted octanol–water partition coefficient (Wildman–Crippen LogP) is 1.69. The third-order valence-electron chi connectivity index (χ3n) is 5.09. The van der Waals surface area contributed by atoms with E-state index in [4.69, 9.17) is 4.42 Å². The molecule has 0 aliphatic carbocycles. The van der Waals surface area contributed by atoms with E-state index < -0.39 is 10.0 Å². The Bertz CT molecular complexity index is 868. The van der Waals surface area contributed by atoms with Crippen molar-refractivity contribution in [3.63, 3.8) is 0 Å². The fourth-order valence-corrected chi connectivity index (χ4v) is 5.12. The third-order valence-corrected chi connectivity index (χ3v) is 6.83. The van der Waals surface area contributed by atoms with Gasteiger partial charge in [0.15, 0.2) is 5.76 Å². The van der Waals surface area contributed by atoms with Crippen molar-refractivity contribution in [2.75, 3.05) is 26.2 Å². The molecule has 1 atom stereocenters. The minimum absolute atomic E-state index is 0.0833. The van der Waals surface area contributed by atoms with Gasteiger partial charge in [-0.1, -0.05) is 0 Å². The first-order chi connectivity index (χ1) is 12.6. The Labute approximate surface area is 152 Å². The molecule has 26 heavy (non-hydrogen) atoms. The molecule has 2 saturated heterocycles. The van der Waals surface area contributed by atoms with Gasteiger partial charge in [-0.2, -0.15) is 9.40 Å². The Hall–Kier alpha value is -2.13. The summed E-state index contributed by atoms with van der Waals surface area (Å²) in [5.74, 6) is 0.237. The van der Waals surface area contributed by atoms with E-state index in [0.29, 0.717) is 24.4 Å². The SMILES string of the molecule is O=C([C@H]1CCCN(S(=O)(=O)c2ccc(-c3ccn[nH]3)o2)C1)N1CCCC1. The number of amides is 1. The van der Waals surface area contributed by atoms with E-state index in [1.54, 1.807) is 18.3 Å². The van der Waals surface area contributed by atoms with Gasteiger partial charge in [-0.3, -0.25) is 9.89 Å². The van der Waals surface area contributed by atoms with Crippen molar-refractivity contribution < 1.29 is 17.6 Å². The number of H-pyrrole nitrogens is 1. The summed E-state index contributed by atoms with van der Waals surface area (Å²) in [5.41, 5.74) is 0.618. The Morgan fingerprint density at radius 3 is 2.69 bits per heavy atom. The Balaban J connectivity index is 1.51. The average Bonchev–Trinajstić information content (AvgIpc) is 3.43. The molecule has 0 radical (unpaired) electrons. The predicted molar refractivity (Wildman–Crippen MR) is 93.6 cm³/mol. The number of aromatic nitrogens is 2. The molecule has 1 amide bonds. The van der Waals surface area contributed by atoms with Crippen LogP contribution in [0.2, 0.25) is 0 Å². The lowest BCUT2D eigenvalue weighted by Crippen LogP contribution is -2.46. The second-order valence-corrected chi connectivity index (χ2v) is 8.69. The molecule has 2 aromatic heterocycles. The maximum atomic E-state index is 12.9. The van der Waals surface area contributed by atoms with Crippen molar-refractivity contribution in [2.45, 2.75) is 30.8 Å². The van der Waals surface area contributed by atoms with Gasteiger partial charge in [0.05, 0.1) is 5.92 Å². The molecule has 9 heteroatoms. The molecule has 0 aromatic carbocycles. The molecule has 0 bridgehead atoms. The zero-order valence-corrected chi connectivity index (χ0v) is 15.2. The van der Waals surface area contributed by atoms with Crippen molar-refractivity contribution in [2.24, 2.45) is 5.92 Å². The lowest BCUT2D eigenvalue weighted by molar-refractivity contribution is -0.135. The molecule has 4 heterocycles. The minimum atomic E-state index is -3.76. The number of nitrogens with zero attached hydrogens (tertiary/aromatic N) is 3. The topological polar surface area (TPSA) is 99.5 Å². The number of carbonyl (C=O) groups is 1. The summed E-state index contributed by atoms with van der Waals surface area (Å²) in [6.07, 6.45) is 5.05. The molecular formula is C17H22N4O4S. The number of hydrogen-bond acceptors (Lipinski definition) is 5. The maximum Gasteiger partial charge on any atom is 0.276 e. The number of aromatic amines is 1. The standard InChI is InChI=1S/C17H22N4O4S/c22-17(20-9-1-2-10-20)13-4-3-11-21(12-13)26(23,24)16-6-5-15(25-16)14-7-8-18-19-14/h5-8,13H,1-4,9-12H2,(H,18,19)/t13-/m0/s1. The van der Waals surface area contributed by atoms with Crippen LogP contribution in [0.5, 0.6) is 0 Å². The quantitative estimate of drug-likeness (QED) is 0.873. The molecule has 140 valence electrons. The van der Waals surface area contributed by atoms with E-state index in [9.17, 15) is 13.2 Å². The van der Waals surface area contributed by atoms with E-state index >= 15 is 0 Å². The van der Waals surface area contributed by atoms with Gasteiger partial charge in [-0.05, 0) is 43.9 Å². The summed E-state index contributed by atoms with van der Waals surface area (Å²) in [4.78, 5) is 14.5. The van der Waals surface area contributed by atoms with Crippen molar-refractivity contribution in [1.82, 2.24) is 19.4 Å². The fraction of sp³-hybridized carbons (Fsp3) is 0.529. The molecule has 8 nitrogen and oxygen atoms in total. The highest BCUT2D eigenvalue weighted by molar-refractivity contribution is 7.89. The van der Waals surface area contributed by atoms with Crippen LogP contribution in [0.25, 0.3) is 11.5 Å². The summed E-state index contributed by atoms with van der Waals surface area (Å²) in [5, 5.41) is 6.49. The highest BCUT2D eigenvalue weighted by Gasteiger charge is 2.37. The highest BCUT2D eigenvalue weighted by atomic mass is 32.2. The van der Waals surface area contributed by atoms with Crippen LogP contribution in [0.4, 0.5) is 0 Å². The number of likely N-dealkylation sites (tertiary alicyclic amines) is 1. The van der Waals surface area contributed by atoms with Crippen LogP contribution in [0.15, 0.2) is 33.9 Å². The Kier molecular flexibility index (Phi) is 4.58. The maximum absolute atomic E-state index is 12.9. The van der Waals surface area contributed by atoms with Crippen LogP contribution in [0.3, 0.4) is 0 Å². The van der Waals surface area contributed by atoms with Crippen LogP contribution in [0.1, 0.15) is 25.7 Å². The number of hydrogen-bond donors (Lipinski definition) is 1. The number of rotatable bonds is 4. The molecule has 2 fully saturated rings. The molecule has 2 aliphatic rings. The summed E-state index contributed by atoms with van der Waals surface area (Å²) < 4.78 is 32.8. The van der Waals surface area contributed by atoms with Gasteiger partial charge >= 0.3 is 0 Å². The van der Waals surface area contributed by atoms with Crippen molar-refractivity contribution in [3.8, 4) is 11.5 Å². The van der Waals surface area contributed by atoms with Crippen molar-refractivity contribution in [1.29, 1.82) is 0 Å². The van der Waals surface area contributed by atoms with E-state index in [2.05, 4.69) is 10.2 Å². The van der Waals surface area contributed by atoms with Gasteiger partial charge in [0.1, 0.15) is 5.69 Å². The molecule has 4 rings (SSSR count). The lowest BCUT2D eigenvalue weighted by atomic mass is 9.98. The zero-order valence-electron chi connectivity index (χ0n) is 14.4. The van der Waals surface area contributed by atoms with Crippen molar-refractivity contribution >= 4 is 15.9 Å². The van der Waals surface area contributed by atoms with Gasteiger partial charge in [-0.25, -0.2) is 8.42 Å². The van der Waals surface area contributed by atoms with E-state index in [1.165, 1.54) is 10.4 Å². The number of piperidine rings is 1. The second-order valence-electron chi connectivity index (χ2n) is 6.82. The molecule has 1 N–H and O–H groups in total. The summed E-state index contributed by atoms with van der Waals surface area (Å²) in [6, 6.07) is 4.77. The van der Waals surface area contributed by atoms with Crippen LogP contribution in [-0.2, 0) is 14.8 Å². The van der Waals surface area contributed by atoms with Crippen molar-refractivity contribution in [3.05, 3.63) is 24.4 Å². The lowest BCUT2D eigenvalue weighted by Gasteiger charge is -2.32. The first-order valence-corrected chi connectivity index (χ1v) is 10.4. The van der Waals surface area contributed by atoms with Gasteiger partial charge in [0, 0.05) is 32.4 Å². The second kappa shape index (κ2) is 6.88. The number of nitrogens with one attached hydrogen (secondary N) is 1. The number of furan rings is 1. The average molecular weight is 378 g/mol. The molecule has 0 spiro atoms. The van der Waals surface area contributed by atoms with Gasteiger partial charge in [-0.15, -0.1) is 0 Å². The van der Waals surface area contributed by atoms with Crippen LogP contribution in [-0.4, -0.2) is 59.9 Å². The monoisotopic (exact) mass is 378 g/mol. The normalized spacial score (nSPS) is 22.0. The summed E-state index contributed by atoms with van der Waals surface area (Å²) in [6.45, 7) is 2.20. The van der Waals surface area contributed by atoms with E-state index in [-0.39, 0.29) is 23.5 Å². The largest absolute Gasteiger partial charge is 0.442 e. The Morgan fingerprint density at radius 2 is 1.96 bits per heavy atom. The van der Waals surface area contributed by atoms with Gasteiger partial charge in [0.25, 0.3) is 10.0 Å². The van der Waals surface area contributed by atoms with Crippen LogP contribution >= 0.6 is 0 Å². The smallest absolute Gasteiger partial charge is 0.276 e. The summed E-state index contributed by atoms with van der Waals surface area (Å²) >= 11 is 0. The third kappa shape index (κ3) is 3.16. The number of sulfonamides is 1. The molecule has 0 unspecified atom stereocenters. The van der Waals surface area contributed by atoms with E-state index in [0.717, 1.165) is 32.4 Å². The molecular weight excluding hydrogens is 356 g/mol. The summed E-state index contributed by atoms with van der Waals surface area (Å²) in [7, 11) is -3.76. The highest BCUT2D eigenvalue weighted by Crippen LogP contribution is 2.29. The van der Waals surface area contributed by atoms with Gasteiger partial charge in [0.2, 0.25) is 11.0 Å². The van der Waals surface area contributed by atoms with E-state index in [1.807, 2.05) is 4.90 Å². The van der Waals surface area contributed by atoms with Crippen LogP contribution in [0, 0.1) is 5.92 Å². The molecule has 2 aromatic rings. The number of carbonyl (C=O) groups excluding carboxylic acids is 1. The van der Waals surface area contributed by atoms with Gasteiger partial charge < -0.3 is 9.32 Å². The van der Waals surface area contributed by atoms with Crippen LogP contribution < -0.4 is 0 Å². The minimum Gasteiger partial charge on any atom is -0.442 e.